The number of tetrazole rings is 1. The molecule has 2 aromatic heterocycles. The van der Waals surface area contributed by atoms with Gasteiger partial charge in [0.05, 0.1) is 13.4 Å². The van der Waals surface area contributed by atoms with Gasteiger partial charge in [-0.3, -0.25) is 14.5 Å². The molecule has 4 aromatic rings. The van der Waals surface area contributed by atoms with Gasteiger partial charge in [0, 0.05) is 17.3 Å². The zero-order valence-electron chi connectivity index (χ0n) is 21.4. The molecule has 196 valence electrons. The molecule has 0 spiro atoms. The van der Waals surface area contributed by atoms with E-state index in [0.29, 0.717) is 23.0 Å². The fraction of sp³-hybridized carbons (Fsp3) is 0.321. The zero-order chi connectivity index (χ0) is 26.5. The van der Waals surface area contributed by atoms with E-state index in [1.807, 2.05) is 43.3 Å². The van der Waals surface area contributed by atoms with E-state index >= 15 is 0 Å². The second-order valence-corrected chi connectivity index (χ2v) is 9.38. The Kier molecular flexibility index (Phi) is 7.48. The third kappa shape index (κ3) is 5.59. The number of hydrogen-bond donors (Lipinski definition) is 1. The summed E-state index contributed by atoms with van der Waals surface area (Å²) in [6.07, 6.45) is 5.50. The number of carbonyl (C=O) groups is 2. The molecule has 1 aliphatic carbocycles. The van der Waals surface area contributed by atoms with Crippen molar-refractivity contribution in [2.24, 2.45) is 0 Å². The first-order valence-corrected chi connectivity index (χ1v) is 12.7. The molecule has 1 atom stereocenters. The molecule has 0 radical (unpaired) electrons. The van der Waals surface area contributed by atoms with Crippen LogP contribution in [0.25, 0.3) is 11.4 Å². The van der Waals surface area contributed by atoms with Crippen molar-refractivity contribution in [2.45, 2.75) is 51.2 Å². The van der Waals surface area contributed by atoms with Gasteiger partial charge in [0.2, 0.25) is 5.82 Å². The van der Waals surface area contributed by atoms with E-state index in [0.717, 1.165) is 36.8 Å². The molecule has 1 N–H and O–H groups in total. The van der Waals surface area contributed by atoms with Crippen molar-refractivity contribution >= 4 is 17.5 Å². The third-order valence-corrected chi connectivity index (χ3v) is 6.68. The van der Waals surface area contributed by atoms with Crippen LogP contribution in [0.15, 0.2) is 71.3 Å². The molecule has 1 saturated carbocycles. The topological polar surface area (TPSA) is 115 Å². The van der Waals surface area contributed by atoms with E-state index in [1.165, 1.54) is 16.0 Å². The maximum atomic E-state index is 13.9. The number of aromatic nitrogens is 4. The van der Waals surface area contributed by atoms with Crippen molar-refractivity contribution in [2.75, 3.05) is 12.0 Å². The van der Waals surface area contributed by atoms with Crippen LogP contribution in [0.4, 0.5) is 5.69 Å². The van der Waals surface area contributed by atoms with Crippen LogP contribution in [0.3, 0.4) is 0 Å². The maximum Gasteiger partial charge on any atom is 0.251 e. The number of amides is 2. The molecule has 38 heavy (non-hydrogen) atoms. The number of methoxy groups -OCH3 is 1. The second-order valence-electron chi connectivity index (χ2n) is 9.38. The number of benzene rings is 2. The van der Waals surface area contributed by atoms with Crippen LogP contribution in [0.5, 0.6) is 5.75 Å². The van der Waals surface area contributed by atoms with E-state index in [-0.39, 0.29) is 24.4 Å². The van der Waals surface area contributed by atoms with Gasteiger partial charge in [0.1, 0.15) is 18.1 Å². The third-order valence-electron chi connectivity index (χ3n) is 6.68. The molecular weight excluding hydrogens is 484 g/mol. The van der Waals surface area contributed by atoms with Crippen molar-refractivity contribution in [3.8, 4) is 17.1 Å². The molecule has 2 aromatic carbocycles. The molecular formula is C28H30N6O4. The predicted molar refractivity (Wildman–Crippen MR) is 140 cm³/mol. The number of furan rings is 1. The molecule has 0 bridgehead atoms. The summed E-state index contributed by atoms with van der Waals surface area (Å²) in [5, 5.41) is 15.7. The first kappa shape index (κ1) is 25.2. The number of nitrogens with zero attached hydrogens (tertiary/aromatic N) is 5. The summed E-state index contributed by atoms with van der Waals surface area (Å²) in [5.74, 6) is 0.801. The van der Waals surface area contributed by atoms with Crippen LogP contribution in [-0.2, 0) is 16.1 Å². The highest BCUT2D eigenvalue weighted by atomic mass is 16.5. The minimum Gasteiger partial charge on any atom is -0.497 e. The van der Waals surface area contributed by atoms with Gasteiger partial charge in [-0.05, 0) is 73.5 Å². The maximum absolute atomic E-state index is 13.9. The second kappa shape index (κ2) is 11.3. The van der Waals surface area contributed by atoms with Crippen molar-refractivity contribution in [1.29, 1.82) is 0 Å². The van der Waals surface area contributed by atoms with Crippen LogP contribution in [0.1, 0.15) is 43.0 Å². The molecule has 1 fully saturated rings. The normalized spacial score (nSPS) is 14.3. The highest BCUT2D eigenvalue weighted by Gasteiger charge is 2.36. The lowest BCUT2D eigenvalue weighted by Gasteiger charge is -2.30. The molecule has 2 heterocycles. The number of hydrogen-bond acceptors (Lipinski definition) is 7. The number of anilines is 1. The fourth-order valence-corrected chi connectivity index (χ4v) is 4.68. The van der Waals surface area contributed by atoms with Crippen LogP contribution in [0, 0.1) is 6.92 Å². The Bertz CT molecular complexity index is 1360. The minimum atomic E-state index is -0.995. The lowest BCUT2D eigenvalue weighted by atomic mass is 10.1. The van der Waals surface area contributed by atoms with E-state index in [2.05, 4.69) is 20.7 Å². The summed E-state index contributed by atoms with van der Waals surface area (Å²) in [6.45, 7) is 1.75. The van der Waals surface area contributed by atoms with Gasteiger partial charge in [0.25, 0.3) is 11.8 Å². The Labute approximate surface area is 220 Å². The molecule has 1 aliphatic rings. The summed E-state index contributed by atoms with van der Waals surface area (Å²) in [7, 11) is 1.60. The lowest BCUT2D eigenvalue weighted by molar-refractivity contribution is -0.128. The fourth-order valence-electron chi connectivity index (χ4n) is 4.68. The Morgan fingerprint density at radius 1 is 1.11 bits per heavy atom. The average molecular weight is 515 g/mol. The Balaban J connectivity index is 1.45. The van der Waals surface area contributed by atoms with Gasteiger partial charge in [-0.2, -0.15) is 4.80 Å². The van der Waals surface area contributed by atoms with Crippen LogP contribution >= 0.6 is 0 Å². The Morgan fingerprint density at radius 3 is 2.50 bits per heavy atom. The summed E-state index contributed by atoms with van der Waals surface area (Å²) in [5.41, 5.74) is 2.34. The number of aryl methyl sites for hydroxylation is 1. The van der Waals surface area contributed by atoms with Crippen molar-refractivity contribution in [1.82, 2.24) is 25.5 Å². The number of ether oxygens (including phenoxy) is 1. The van der Waals surface area contributed by atoms with Gasteiger partial charge in [-0.1, -0.05) is 30.5 Å². The summed E-state index contributed by atoms with van der Waals surface area (Å²) < 4.78 is 10.9. The molecule has 10 nitrogen and oxygen atoms in total. The SMILES string of the molecule is COc1ccc(-c2nnn(CC(=O)N(c3ccc(C)cc3)[C@@H](C(=O)NC3CCCC3)c3ccco3)n2)cc1. The molecule has 10 heteroatoms. The molecule has 0 unspecified atom stereocenters. The Hall–Kier alpha value is -4.47. The highest BCUT2D eigenvalue weighted by molar-refractivity contribution is 6.01. The first-order valence-electron chi connectivity index (χ1n) is 12.7. The number of nitrogens with one attached hydrogen (secondary N) is 1. The standard InChI is InChI=1S/C28H30N6O4/c1-19-9-13-22(14-10-19)34(26(24-8-5-17-38-24)28(36)29-21-6-3-4-7-21)25(35)18-33-31-27(30-32-33)20-11-15-23(37-2)16-12-20/h5,8-17,21,26H,3-4,6-7,18H2,1-2H3,(H,29,36)/t26-/m1/s1. The van der Waals surface area contributed by atoms with Gasteiger partial charge in [0.15, 0.2) is 6.04 Å². The number of carbonyl (C=O) groups excluding carboxylic acids is 2. The van der Waals surface area contributed by atoms with Gasteiger partial charge in [-0.25, -0.2) is 0 Å². The average Bonchev–Trinajstić information content (AvgIpc) is 3.72. The molecule has 0 aliphatic heterocycles. The quantitative estimate of drug-likeness (QED) is 0.358. The van der Waals surface area contributed by atoms with Gasteiger partial charge < -0.3 is 14.5 Å². The Morgan fingerprint density at radius 2 is 1.84 bits per heavy atom. The van der Waals surface area contributed by atoms with Crippen LogP contribution in [-0.4, -0.2) is 45.2 Å². The molecule has 0 saturated heterocycles. The van der Waals surface area contributed by atoms with Crippen molar-refractivity contribution in [3.63, 3.8) is 0 Å². The van der Waals surface area contributed by atoms with Crippen LogP contribution in [0.2, 0.25) is 0 Å². The lowest BCUT2D eigenvalue weighted by Crippen LogP contribution is -2.47. The highest BCUT2D eigenvalue weighted by Crippen LogP contribution is 2.30. The largest absolute Gasteiger partial charge is 0.497 e. The summed E-state index contributed by atoms with van der Waals surface area (Å²) in [4.78, 5) is 30.2. The molecule has 2 amide bonds. The van der Waals surface area contributed by atoms with Crippen LogP contribution < -0.4 is 15.0 Å². The first-order chi connectivity index (χ1) is 18.5. The van der Waals surface area contributed by atoms with Gasteiger partial charge >= 0.3 is 0 Å². The summed E-state index contributed by atoms with van der Waals surface area (Å²) in [6, 6.07) is 17.2. The summed E-state index contributed by atoms with van der Waals surface area (Å²) >= 11 is 0. The van der Waals surface area contributed by atoms with Crippen molar-refractivity contribution in [3.05, 3.63) is 78.3 Å². The van der Waals surface area contributed by atoms with Gasteiger partial charge in [-0.15, -0.1) is 10.2 Å². The van der Waals surface area contributed by atoms with E-state index in [4.69, 9.17) is 9.15 Å². The monoisotopic (exact) mass is 514 g/mol. The predicted octanol–water partition coefficient (Wildman–Crippen LogP) is 4.08. The smallest absolute Gasteiger partial charge is 0.251 e. The molecule has 5 rings (SSSR count). The van der Waals surface area contributed by atoms with E-state index < -0.39 is 6.04 Å². The number of rotatable bonds is 9. The minimum absolute atomic E-state index is 0.0824. The zero-order valence-corrected chi connectivity index (χ0v) is 21.4. The van der Waals surface area contributed by atoms with E-state index in [9.17, 15) is 9.59 Å². The van der Waals surface area contributed by atoms with E-state index in [1.54, 1.807) is 31.4 Å². The van der Waals surface area contributed by atoms with Crippen molar-refractivity contribution < 1.29 is 18.7 Å².